The number of hydrogen-bond donors (Lipinski definition) is 1. The minimum absolute atomic E-state index is 0.238. The molecule has 0 saturated carbocycles. The van der Waals surface area contributed by atoms with Crippen LogP contribution in [0.15, 0.2) is 98.8 Å². The molecule has 0 bridgehead atoms. The third kappa shape index (κ3) is 3.79. The molecule has 0 unspecified atom stereocenters. The number of furan rings is 1. The standard InChI is InChI=1S/C27H18ClN3O3S/c28-17-10-11-19-18(14-17)24(16-6-2-1-3-7-16)25(26(32)29-19)20-15-21(22-8-4-12-34-22)31(30-20)27(33)23-9-5-13-35-23/h1-14,21H,15H2,(H,29,32)/t21-/m1/s1. The lowest BCUT2D eigenvalue weighted by molar-refractivity contribution is 0.0698. The van der Waals surface area contributed by atoms with Crippen LogP contribution in [-0.4, -0.2) is 21.6 Å². The maximum absolute atomic E-state index is 13.5. The van der Waals surface area contributed by atoms with Gasteiger partial charge in [-0.1, -0.05) is 48.0 Å². The van der Waals surface area contributed by atoms with Crippen LogP contribution in [0.25, 0.3) is 22.0 Å². The Labute approximate surface area is 209 Å². The average Bonchev–Trinajstić information content (AvgIpc) is 3.65. The smallest absolute Gasteiger partial charge is 0.284 e. The third-order valence-corrected chi connectivity index (χ3v) is 7.14. The van der Waals surface area contributed by atoms with Crippen LogP contribution in [0.5, 0.6) is 0 Å². The van der Waals surface area contributed by atoms with Crippen molar-refractivity contribution in [2.45, 2.75) is 12.5 Å². The van der Waals surface area contributed by atoms with Gasteiger partial charge in [0.25, 0.3) is 11.5 Å². The first-order chi connectivity index (χ1) is 17.1. The molecular formula is C27H18ClN3O3S. The van der Waals surface area contributed by atoms with Crippen LogP contribution < -0.4 is 5.56 Å². The Morgan fingerprint density at radius 2 is 1.91 bits per heavy atom. The minimum atomic E-state index is -0.465. The lowest BCUT2D eigenvalue weighted by Gasteiger charge is -2.19. The number of pyridine rings is 1. The molecule has 3 aromatic heterocycles. The van der Waals surface area contributed by atoms with Crippen LogP contribution in [-0.2, 0) is 0 Å². The van der Waals surface area contributed by atoms with E-state index in [1.54, 1.807) is 30.5 Å². The SMILES string of the molecule is O=C(c1cccs1)N1N=C(c2c(-c3ccccc3)c3cc(Cl)ccc3[nH]c2=O)C[C@@H]1c1ccco1. The van der Waals surface area contributed by atoms with Crippen molar-refractivity contribution in [3.8, 4) is 11.1 Å². The normalized spacial score (nSPS) is 15.5. The fourth-order valence-electron chi connectivity index (χ4n) is 4.51. The second-order valence-electron chi connectivity index (χ2n) is 8.17. The number of aromatic nitrogens is 1. The van der Waals surface area contributed by atoms with Gasteiger partial charge in [0.2, 0.25) is 0 Å². The molecule has 0 radical (unpaired) electrons. The zero-order chi connectivity index (χ0) is 23.9. The Morgan fingerprint density at radius 1 is 1.06 bits per heavy atom. The molecule has 1 atom stereocenters. The minimum Gasteiger partial charge on any atom is -0.467 e. The number of hydrogen-bond acceptors (Lipinski definition) is 5. The number of H-pyrrole nitrogens is 1. The van der Waals surface area contributed by atoms with E-state index in [1.165, 1.54) is 16.3 Å². The second kappa shape index (κ2) is 8.69. The maximum atomic E-state index is 13.5. The van der Waals surface area contributed by atoms with E-state index in [-0.39, 0.29) is 11.5 Å². The molecule has 6 nitrogen and oxygen atoms in total. The van der Waals surface area contributed by atoms with E-state index >= 15 is 0 Å². The van der Waals surface area contributed by atoms with Crippen molar-refractivity contribution in [2.24, 2.45) is 5.10 Å². The number of aromatic amines is 1. The van der Waals surface area contributed by atoms with Gasteiger partial charge in [-0.3, -0.25) is 9.59 Å². The van der Waals surface area contributed by atoms with Crippen molar-refractivity contribution in [1.29, 1.82) is 0 Å². The number of carbonyl (C=O) groups excluding carboxylic acids is 1. The highest BCUT2D eigenvalue weighted by molar-refractivity contribution is 7.12. The fraction of sp³-hybridized carbons (Fsp3) is 0.0741. The number of thiophene rings is 1. The Bertz CT molecular complexity index is 1620. The molecule has 0 saturated heterocycles. The molecule has 4 heterocycles. The van der Waals surface area contributed by atoms with E-state index < -0.39 is 6.04 Å². The quantitative estimate of drug-likeness (QED) is 0.307. The van der Waals surface area contributed by atoms with Crippen LogP contribution >= 0.6 is 22.9 Å². The lowest BCUT2D eigenvalue weighted by atomic mass is 9.92. The molecule has 0 spiro atoms. The average molecular weight is 500 g/mol. The second-order valence-corrected chi connectivity index (χ2v) is 9.55. The summed E-state index contributed by atoms with van der Waals surface area (Å²) in [6.45, 7) is 0. The summed E-state index contributed by atoms with van der Waals surface area (Å²) < 4.78 is 5.66. The molecule has 35 heavy (non-hydrogen) atoms. The molecule has 172 valence electrons. The zero-order valence-corrected chi connectivity index (χ0v) is 19.8. The highest BCUT2D eigenvalue weighted by Crippen LogP contribution is 2.38. The van der Waals surface area contributed by atoms with E-state index in [9.17, 15) is 9.59 Å². The Hall–Kier alpha value is -3.94. The Kier molecular flexibility index (Phi) is 5.36. The fourth-order valence-corrected chi connectivity index (χ4v) is 5.34. The number of halogens is 1. The van der Waals surface area contributed by atoms with Crippen LogP contribution in [0, 0.1) is 0 Å². The molecule has 1 amide bonds. The number of carbonyl (C=O) groups is 1. The highest BCUT2D eigenvalue weighted by atomic mass is 35.5. The molecule has 1 aliphatic rings. The number of nitrogens with zero attached hydrogens (tertiary/aromatic N) is 2. The van der Waals surface area contributed by atoms with Gasteiger partial charge >= 0.3 is 0 Å². The van der Waals surface area contributed by atoms with Gasteiger partial charge in [0.05, 0.1) is 22.4 Å². The molecule has 2 aromatic carbocycles. The highest BCUT2D eigenvalue weighted by Gasteiger charge is 2.37. The largest absolute Gasteiger partial charge is 0.467 e. The summed E-state index contributed by atoms with van der Waals surface area (Å²) in [7, 11) is 0. The molecule has 0 fully saturated rings. The number of rotatable bonds is 4. The predicted molar refractivity (Wildman–Crippen MR) is 138 cm³/mol. The van der Waals surface area contributed by atoms with Crippen LogP contribution in [0.3, 0.4) is 0 Å². The van der Waals surface area contributed by atoms with Crippen molar-refractivity contribution >= 4 is 45.5 Å². The Balaban J connectivity index is 1.58. The summed E-state index contributed by atoms with van der Waals surface area (Å²) in [5, 5.41) is 9.36. The van der Waals surface area contributed by atoms with Crippen molar-refractivity contribution < 1.29 is 9.21 Å². The number of hydrazone groups is 1. The van der Waals surface area contributed by atoms with Gasteiger partial charge in [0.1, 0.15) is 11.8 Å². The van der Waals surface area contributed by atoms with Gasteiger partial charge in [-0.15, -0.1) is 11.3 Å². The van der Waals surface area contributed by atoms with E-state index in [2.05, 4.69) is 4.98 Å². The van der Waals surface area contributed by atoms with Gasteiger partial charge in [0.15, 0.2) is 0 Å². The first-order valence-corrected chi connectivity index (χ1v) is 12.2. The first-order valence-electron chi connectivity index (χ1n) is 11.0. The van der Waals surface area contributed by atoms with Gasteiger partial charge in [-0.05, 0) is 47.3 Å². The topological polar surface area (TPSA) is 78.7 Å². The summed E-state index contributed by atoms with van der Waals surface area (Å²) in [5.41, 5.74) is 2.92. The summed E-state index contributed by atoms with van der Waals surface area (Å²) >= 11 is 7.70. The van der Waals surface area contributed by atoms with Crippen molar-refractivity contribution in [3.63, 3.8) is 0 Å². The summed E-state index contributed by atoms with van der Waals surface area (Å²) in [6, 6.07) is 21.8. The number of amides is 1. The molecule has 6 rings (SSSR count). The van der Waals surface area contributed by atoms with E-state index in [1.807, 2.05) is 53.9 Å². The molecular weight excluding hydrogens is 482 g/mol. The zero-order valence-electron chi connectivity index (χ0n) is 18.3. The van der Waals surface area contributed by atoms with E-state index in [0.29, 0.717) is 38.9 Å². The molecule has 5 aromatic rings. The van der Waals surface area contributed by atoms with Gasteiger partial charge < -0.3 is 9.40 Å². The van der Waals surface area contributed by atoms with Gasteiger partial charge in [-0.2, -0.15) is 5.10 Å². The van der Waals surface area contributed by atoms with Crippen molar-refractivity contribution in [1.82, 2.24) is 9.99 Å². The Morgan fingerprint density at radius 3 is 2.66 bits per heavy atom. The van der Waals surface area contributed by atoms with Gasteiger partial charge in [-0.25, -0.2) is 5.01 Å². The number of fused-ring (bicyclic) bond motifs is 1. The van der Waals surface area contributed by atoms with Crippen LogP contribution in [0.1, 0.15) is 33.5 Å². The molecule has 0 aliphatic carbocycles. The third-order valence-electron chi connectivity index (χ3n) is 6.05. The predicted octanol–water partition coefficient (Wildman–Crippen LogP) is 6.49. The van der Waals surface area contributed by atoms with Crippen LogP contribution in [0.4, 0.5) is 0 Å². The maximum Gasteiger partial charge on any atom is 0.284 e. The number of benzene rings is 2. The molecule has 8 heteroatoms. The van der Waals surface area contributed by atoms with E-state index in [4.69, 9.17) is 21.1 Å². The van der Waals surface area contributed by atoms with Crippen molar-refractivity contribution in [2.75, 3.05) is 0 Å². The summed E-state index contributed by atoms with van der Waals surface area (Å²) in [4.78, 5) is 30.4. The summed E-state index contributed by atoms with van der Waals surface area (Å²) in [5.74, 6) is 0.369. The van der Waals surface area contributed by atoms with Gasteiger partial charge in [0, 0.05) is 27.9 Å². The van der Waals surface area contributed by atoms with Crippen LogP contribution in [0.2, 0.25) is 5.02 Å². The lowest BCUT2D eigenvalue weighted by Crippen LogP contribution is -2.26. The monoisotopic (exact) mass is 499 g/mol. The molecule has 1 N–H and O–H groups in total. The summed E-state index contributed by atoms with van der Waals surface area (Å²) in [6.07, 6.45) is 1.90. The number of nitrogens with one attached hydrogen (secondary N) is 1. The first kappa shape index (κ1) is 21.6. The molecule has 1 aliphatic heterocycles. The van der Waals surface area contributed by atoms with E-state index in [0.717, 1.165) is 16.5 Å². The van der Waals surface area contributed by atoms with Crippen molar-refractivity contribution in [3.05, 3.63) is 116 Å².